The molecule has 31 heavy (non-hydrogen) atoms. The molecular formula is C22H29N3O4S2. The maximum atomic E-state index is 11.6. The summed E-state index contributed by atoms with van der Waals surface area (Å²) in [6.45, 7) is 2.36. The largest absolute Gasteiger partial charge is 0.506 e. The number of hydrogen-bond donors (Lipinski definition) is 5. The van der Waals surface area contributed by atoms with E-state index in [-0.39, 0.29) is 16.7 Å². The van der Waals surface area contributed by atoms with Crippen LogP contribution in [0.4, 0.5) is 0 Å². The van der Waals surface area contributed by atoms with E-state index in [9.17, 15) is 15.0 Å². The molecule has 168 valence electrons. The summed E-state index contributed by atoms with van der Waals surface area (Å²) in [5, 5.41) is 23.5. The van der Waals surface area contributed by atoms with E-state index >= 15 is 0 Å². The summed E-state index contributed by atoms with van der Waals surface area (Å²) >= 11 is 2.83. The fraction of sp³-hybridized carbons (Fsp3) is 0.409. The number of nitrogens with one attached hydrogen (secondary N) is 2. The van der Waals surface area contributed by atoms with Crippen molar-refractivity contribution in [1.29, 1.82) is 0 Å². The second kappa shape index (κ2) is 12.2. The van der Waals surface area contributed by atoms with E-state index in [1.807, 2.05) is 42.1 Å². The standard InChI is InChI=1S/C22H29N3O4S2/c23-17(15-5-2-1-3-6-15)14-29-10-4-11-30-12-9-24-13-19(27)16-7-8-18(26)20-21(16)31-22(28)25-20/h1-3,5-8,17,19,24,26-27H,4,9-14,23H2,(H,25,28)/t17-,19+/m1/s1. The first-order valence-electron chi connectivity index (χ1n) is 10.3. The average Bonchev–Trinajstić information content (AvgIpc) is 3.17. The lowest BCUT2D eigenvalue weighted by atomic mass is 10.1. The summed E-state index contributed by atoms with van der Waals surface area (Å²) in [5.74, 6) is 1.94. The van der Waals surface area contributed by atoms with Crippen molar-refractivity contribution < 1.29 is 14.9 Å². The lowest BCUT2D eigenvalue weighted by Gasteiger charge is -2.13. The van der Waals surface area contributed by atoms with E-state index in [4.69, 9.17) is 10.5 Å². The van der Waals surface area contributed by atoms with Crippen molar-refractivity contribution in [3.05, 3.63) is 63.3 Å². The van der Waals surface area contributed by atoms with Gasteiger partial charge in [-0.1, -0.05) is 47.7 Å². The Bertz CT molecular complexity index is 993. The van der Waals surface area contributed by atoms with Crippen molar-refractivity contribution in [3.8, 4) is 5.75 Å². The molecule has 0 fully saturated rings. The summed E-state index contributed by atoms with van der Waals surface area (Å²) in [5.41, 5.74) is 8.22. The fourth-order valence-electron chi connectivity index (χ4n) is 3.17. The SMILES string of the molecule is N[C@H](COCCCSCCNC[C@H](O)c1ccc(O)c2[nH]c(=O)sc12)c1ccccc1. The molecule has 0 saturated heterocycles. The monoisotopic (exact) mass is 463 g/mol. The molecular weight excluding hydrogens is 434 g/mol. The van der Waals surface area contributed by atoms with Crippen molar-refractivity contribution >= 4 is 33.3 Å². The van der Waals surface area contributed by atoms with Gasteiger partial charge in [-0.05, 0) is 23.8 Å². The summed E-state index contributed by atoms with van der Waals surface area (Å²) in [4.78, 5) is 13.9. The van der Waals surface area contributed by atoms with Gasteiger partial charge in [0.2, 0.25) is 0 Å². The van der Waals surface area contributed by atoms with E-state index in [2.05, 4.69) is 10.3 Å². The first-order valence-corrected chi connectivity index (χ1v) is 12.2. The molecule has 6 N–H and O–H groups in total. The number of H-pyrrole nitrogens is 1. The number of hydrogen-bond acceptors (Lipinski definition) is 8. The van der Waals surface area contributed by atoms with Gasteiger partial charge < -0.3 is 31.0 Å². The molecule has 0 aliphatic rings. The highest BCUT2D eigenvalue weighted by Crippen LogP contribution is 2.31. The minimum absolute atomic E-state index is 0.0136. The Hall–Kier alpha value is -1.88. The number of aliphatic hydroxyl groups excluding tert-OH is 1. The molecule has 1 heterocycles. The van der Waals surface area contributed by atoms with Crippen LogP contribution in [0.25, 0.3) is 10.2 Å². The molecule has 0 aliphatic heterocycles. The number of ether oxygens (including phenoxy) is 1. The molecule has 0 spiro atoms. The highest BCUT2D eigenvalue weighted by molar-refractivity contribution is 7.99. The van der Waals surface area contributed by atoms with Crippen molar-refractivity contribution in [2.75, 3.05) is 37.8 Å². The van der Waals surface area contributed by atoms with Crippen molar-refractivity contribution in [3.63, 3.8) is 0 Å². The number of aromatic nitrogens is 1. The predicted molar refractivity (Wildman–Crippen MR) is 128 cm³/mol. The van der Waals surface area contributed by atoms with Gasteiger partial charge in [-0.25, -0.2) is 0 Å². The molecule has 9 heteroatoms. The zero-order chi connectivity index (χ0) is 22.1. The van der Waals surface area contributed by atoms with E-state index in [1.165, 1.54) is 6.07 Å². The van der Waals surface area contributed by atoms with Crippen LogP contribution >= 0.6 is 23.1 Å². The molecule has 0 radical (unpaired) electrons. The molecule has 2 atom stereocenters. The number of benzene rings is 2. The van der Waals surface area contributed by atoms with Crippen LogP contribution in [0.2, 0.25) is 0 Å². The molecule has 3 rings (SSSR count). The Balaban J connectivity index is 1.25. The van der Waals surface area contributed by atoms with Crippen molar-refractivity contribution in [2.24, 2.45) is 5.73 Å². The van der Waals surface area contributed by atoms with Crippen LogP contribution in [0.15, 0.2) is 47.3 Å². The number of thiazole rings is 1. The first kappa shape index (κ1) is 23.8. The Labute approximate surface area is 189 Å². The van der Waals surface area contributed by atoms with Gasteiger partial charge in [0.1, 0.15) is 11.3 Å². The third kappa shape index (κ3) is 7.06. The number of rotatable bonds is 13. The minimum atomic E-state index is -0.748. The first-order chi connectivity index (χ1) is 15.1. The van der Waals surface area contributed by atoms with Crippen LogP contribution in [0.5, 0.6) is 5.75 Å². The van der Waals surface area contributed by atoms with Gasteiger partial charge in [0.25, 0.3) is 0 Å². The van der Waals surface area contributed by atoms with Gasteiger partial charge in [-0.15, -0.1) is 0 Å². The summed E-state index contributed by atoms with van der Waals surface area (Å²) < 4.78 is 6.27. The van der Waals surface area contributed by atoms with Crippen LogP contribution in [-0.4, -0.2) is 53.0 Å². The van der Waals surface area contributed by atoms with Crippen molar-refractivity contribution in [1.82, 2.24) is 10.3 Å². The fourth-order valence-corrected chi connectivity index (χ4v) is 4.90. The van der Waals surface area contributed by atoms with E-state index < -0.39 is 6.10 Å². The van der Waals surface area contributed by atoms with Gasteiger partial charge in [0, 0.05) is 31.0 Å². The third-order valence-corrected chi connectivity index (χ3v) is 6.81. The summed E-state index contributed by atoms with van der Waals surface area (Å²) in [6.07, 6.45) is 0.217. The normalized spacial score (nSPS) is 13.5. The van der Waals surface area contributed by atoms with Crippen molar-refractivity contribution in [2.45, 2.75) is 18.6 Å². The second-order valence-corrected chi connectivity index (χ2v) is 9.38. The topological polar surface area (TPSA) is 121 Å². The molecule has 3 aromatic rings. The number of thioether (sulfide) groups is 1. The van der Waals surface area contributed by atoms with Gasteiger partial charge in [0.05, 0.1) is 23.5 Å². The number of fused-ring (bicyclic) bond motifs is 1. The van der Waals surface area contributed by atoms with Gasteiger partial charge >= 0.3 is 4.87 Å². The number of phenolic OH excluding ortho intramolecular Hbond substituents is 1. The van der Waals surface area contributed by atoms with Crippen LogP contribution in [-0.2, 0) is 4.74 Å². The zero-order valence-electron chi connectivity index (χ0n) is 17.3. The highest BCUT2D eigenvalue weighted by atomic mass is 32.2. The van der Waals surface area contributed by atoms with E-state index in [0.717, 1.165) is 41.4 Å². The second-order valence-electron chi connectivity index (χ2n) is 7.17. The smallest absolute Gasteiger partial charge is 0.305 e. The maximum Gasteiger partial charge on any atom is 0.305 e. The minimum Gasteiger partial charge on any atom is -0.506 e. The number of aromatic hydroxyl groups is 1. The number of nitrogens with two attached hydrogens (primary N) is 1. The maximum absolute atomic E-state index is 11.6. The lowest BCUT2D eigenvalue weighted by Crippen LogP contribution is -2.24. The summed E-state index contributed by atoms with van der Waals surface area (Å²) in [7, 11) is 0. The number of phenols is 1. The Kier molecular flexibility index (Phi) is 9.38. The molecule has 0 bridgehead atoms. The Morgan fingerprint density at radius 2 is 2.00 bits per heavy atom. The third-order valence-electron chi connectivity index (χ3n) is 4.81. The lowest BCUT2D eigenvalue weighted by molar-refractivity contribution is 0.122. The quantitative estimate of drug-likeness (QED) is 0.247. The summed E-state index contributed by atoms with van der Waals surface area (Å²) in [6, 6.07) is 13.0. The molecule has 7 nitrogen and oxygen atoms in total. The number of aliphatic hydroxyl groups is 1. The van der Waals surface area contributed by atoms with Gasteiger partial charge in [-0.3, -0.25) is 4.79 Å². The molecule has 0 aliphatic carbocycles. The van der Waals surface area contributed by atoms with Gasteiger partial charge in [0.15, 0.2) is 0 Å². The van der Waals surface area contributed by atoms with Crippen LogP contribution in [0.1, 0.15) is 29.7 Å². The molecule has 2 aromatic carbocycles. The molecule has 1 aromatic heterocycles. The zero-order valence-corrected chi connectivity index (χ0v) is 18.9. The van der Waals surface area contributed by atoms with Crippen LogP contribution in [0.3, 0.4) is 0 Å². The molecule has 0 saturated carbocycles. The van der Waals surface area contributed by atoms with E-state index in [1.54, 1.807) is 6.07 Å². The predicted octanol–water partition coefficient (Wildman–Crippen LogP) is 2.76. The Morgan fingerprint density at radius 3 is 2.81 bits per heavy atom. The van der Waals surface area contributed by atoms with E-state index in [0.29, 0.717) is 35.5 Å². The molecule has 0 amide bonds. The highest BCUT2D eigenvalue weighted by Gasteiger charge is 2.15. The van der Waals surface area contributed by atoms with Crippen LogP contribution < -0.4 is 15.9 Å². The average molecular weight is 464 g/mol. The molecule has 0 unspecified atom stereocenters. The number of aromatic amines is 1. The Morgan fingerprint density at radius 1 is 1.19 bits per heavy atom. The van der Waals surface area contributed by atoms with Gasteiger partial charge in [-0.2, -0.15) is 11.8 Å². The van der Waals surface area contributed by atoms with Crippen LogP contribution in [0, 0.1) is 0 Å².